The van der Waals surface area contributed by atoms with Gasteiger partial charge in [-0.15, -0.1) is 0 Å². The average molecular weight is 504 g/mol. The highest BCUT2D eigenvalue weighted by Gasteiger charge is 2.39. The molecule has 1 saturated carbocycles. The SMILES string of the molecule is C[Si-](C)CCOCn1ccc2c(-c3cnn([C@H]4CCC(N5CCNCC5)C4C=CC#N)c3)ncnc21. The van der Waals surface area contributed by atoms with E-state index < -0.39 is 0 Å². The smallest absolute Gasteiger partial charge is 0.145 e. The van der Waals surface area contributed by atoms with Crippen molar-refractivity contribution in [1.82, 2.24) is 34.5 Å². The maximum absolute atomic E-state index is 9.22. The molecule has 1 aliphatic carbocycles. The Hall–Kier alpha value is -2.84. The summed E-state index contributed by atoms with van der Waals surface area (Å²) in [6.45, 7) is 10.0. The van der Waals surface area contributed by atoms with Crippen molar-refractivity contribution in [3.63, 3.8) is 0 Å². The third-order valence-corrected chi connectivity index (χ3v) is 8.61. The standard InChI is InChI=1S/C26H35N8OSi/c1-36(2)15-14-35-19-33-11-7-22-25(29-18-30-26(22)33)20-16-31-34(17-20)24-6-5-23(21(24)4-3-8-27)32-12-9-28-10-13-32/h3-4,7,11,16-18,21,23-24,28H,5-6,9-10,12-15,19H2,1-2H3/q-1/t21?,23?,24-/m0/s1. The molecular formula is C26H35N8OSi-. The van der Waals surface area contributed by atoms with Crippen LogP contribution in [0, 0.1) is 17.2 Å². The van der Waals surface area contributed by atoms with Gasteiger partial charge in [0.05, 0.1) is 24.0 Å². The molecular weight excluding hydrogens is 468 g/mol. The van der Waals surface area contributed by atoms with Crippen molar-refractivity contribution in [3.05, 3.63) is 43.1 Å². The van der Waals surface area contributed by atoms with Gasteiger partial charge in [-0.1, -0.05) is 6.08 Å². The summed E-state index contributed by atoms with van der Waals surface area (Å²) in [4.78, 5) is 11.7. The van der Waals surface area contributed by atoms with Crippen molar-refractivity contribution in [2.45, 2.75) is 50.8 Å². The first-order chi connectivity index (χ1) is 17.7. The number of nitriles is 1. The van der Waals surface area contributed by atoms with Gasteiger partial charge in [0.1, 0.15) is 18.7 Å². The summed E-state index contributed by atoms with van der Waals surface area (Å²) in [6, 6.07) is 6.07. The maximum Gasteiger partial charge on any atom is 0.145 e. The first-order valence-corrected chi connectivity index (χ1v) is 15.6. The van der Waals surface area contributed by atoms with Crippen LogP contribution < -0.4 is 5.32 Å². The molecule has 2 fully saturated rings. The van der Waals surface area contributed by atoms with E-state index in [1.54, 1.807) is 12.4 Å². The van der Waals surface area contributed by atoms with E-state index in [1.807, 2.05) is 17.0 Å². The van der Waals surface area contributed by atoms with Gasteiger partial charge < -0.3 is 14.6 Å². The zero-order chi connectivity index (χ0) is 24.9. The number of nitrogens with one attached hydrogen (secondary N) is 1. The van der Waals surface area contributed by atoms with Gasteiger partial charge in [-0.05, 0) is 18.9 Å². The van der Waals surface area contributed by atoms with Gasteiger partial charge in [-0.2, -0.15) is 29.5 Å². The van der Waals surface area contributed by atoms with Gasteiger partial charge in [-0.3, -0.25) is 18.4 Å². The van der Waals surface area contributed by atoms with E-state index in [9.17, 15) is 5.26 Å². The zero-order valence-corrected chi connectivity index (χ0v) is 22.2. The molecule has 0 radical (unpaired) electrons. The Balaban J connectivity index is 1.36. The molecule has 0 amide bonds. The van der Waals surface area contributed by atoms with Gasteiger partial charge in [0.15, 0.2) is 0 Å². The molecule has 190 valence electrons. The predicted octanol–water partition coefficient (Wildman–Crippen LogP) is 3.33. The minimum Gasteiger partial charge on any atom is -0.364 e. The summed E-state index contributed by atoms with van der Waals surface area (Å²) in [5.41, 5.74) is 2.75. The van der Waals surface area contributed by atoms with E-state index in [1.165, 1.54) is 0 Å². The molecule has 0 bridgehead atoms. The van der Waals surface area contributed by atoms with Crippen molar-refractivity contribution in [2.24, 2.45) is 5.92 Å². The molecule has 0 aromatic carbocycles. The molecule has 5 rings (SSSR count). The Morgan fingerprint density at radius 2 is 2.06 bits per heavy atom. The Kier molecular flexibility index (Phi) is 7.92. The monoisotopic (exact) mass is 503 g/mol. The van der Waals surface area contributed by atoms with Crippen molar-refractivity contribution in [2.75, 3.05) is 32.8 Å². The predicted molar refractivity (Wildman–Crippen MR) is 142 cm³/mol. The van der Waals surface area contributed by atoms with Crippen LogP contribution in [0.4, 0.5) is 0 Å². The Labute approximate surface area is 214 Å². The third kappa shape index (κ3) is 5.29. The lowest BCUT2D eigenvalue weighted by molar-refractivity contribution is 0.0902. The Morgan fingerprint density at radius 1 is 1.22 bits per heavy atom. The molecule has 0 spiro atoms. The molecule has 1 aliphatic heterocycles. The van der Waals surface area contributed by atoms with E-state index in [2.05, 4.69) is 62.4 Å². The van der Waals surface area contributed by atoms with Gasteiger partial charge in [0.2, 0.25) is 0 Å². The highest BCUT2D eigenvalue weighted by molar-refractivity contribution is 6.55. The molecule has 9 nitrogen and oxygen atoms in total. The van der Waals surface area contributed by atoms with Gasteiger partial charge >= 0.3 is 0 Å². The van der Waals surface area contributed by atoms with Crippen molar-refractivity contribution >= 4 is 19.8 Å². The second kappa shape index (κ2) is 11.5. The first-order valence-electron chi connectivity index (χ1n) is 12.9. The number of hydrogen-bond donors (Lipinski definition) is 1. The topological polar surface area (TPSA) is 96.8 Å². The van der Waals surface area contributed by atoms with E-state index in [-0.39, 0.29) is 20.8 Å². The van der Waals surface area contributed by atoms with Crippen LogP contribution in [0.2, 0.25) is 19.1 Å². The Bertz CT molecular complexity index is 1220. The van der Waals surface area contributed by atoms with E-state index in [0.717, 1.165) is 74.0 Å². The van der Waals surface area contributed by atoms with E-state index >= 15 is 0 Å². The number of aromatic nitrogens is 5. The molecule has 2 unspecified atom stereocenters. The highest BCUT2D eigenvalue weighted by atomic mass is 28.3. The number of nitrogens with zero attached hydrogens (tertiary/aromatic N) is 7. The maximum atomic E-state index is 9.22. The summed E-state index contributed by atoms with van der Waals surface area (Å²) in [5, 5.41) is 18.5. The number of ether oxygens (including phenoxy) is 1. The summed E-state index contributed by atoms with van der Waals surface area (Å²) < 4.78 is 10.0. The fourth-order valence-corrected chi connectivity index (χ4v) is 6.11. The van der Waals surface area contributed by atoms with Crippen LogP contribution in [0.3, 0.4) is 0 Å². The normalized spacial score (nSPS) is 23.2. The second-order valence-electron chi connectivity index (χ2n) is 10.0. The number of fused-ring (bicyclic) bond motifs is 1. The molecule has 3 aromatic heterocycles. The van der Waals surface area contributed by atoms with Gasteiger partial charge in [0.25, 0.3) is 0 Å². The average Bonchev–Trinajstić information content (AvgIpc) is 3.64. The molecule has 1 saturated heterocycles. The number of piperazine rings is 1. The highest BCUT2D eigenvalue weighted by Crippen LogP contribution is 2.40. The van der Waals surface area contributed by atoms with Crippen LogP contribution in [0.1, 0.15) is 18.9 Å². The lowest BCUT2D eigenvalue weighted by Gasteiger charge is -2.36. The number of rotatable bonds is 9. The summed E-state index contributed by atoms with van der Waals surface area (Å²) >= 11 is 0. The lowest BCUT2D eigenvalue weighted by Crippen LogP contribution is -2.49. The summed E-state index contributed by atoms with van der Waals surface area (Å²) in [5.74, 6) is 0.257. The van der Waals surface area contributed by atoms with E-state index in [4.69, 9.17) is 9.84 Å². The van der Waals surface area contributed by atoms with Crippen LogP contribution in [0.25, 0.3) is 22.3 Å². The quantitative estimate of drug-likeness (QED) is 0.272. The van der Waals surface area contributed by atoms with Crippen molar-refractivity contribution < 1.29 is 4.74 Å². The fraction of sp³-hybridized carbons (Fsp3) is 0.538. The number of allylic oxidation sites excluding steroid dienone is 1. The molecule has 10 heteroatoms. The molecule has 36 heavy (non-hydrogen) atoms. The first kappa shape index (κ1) is 24.8. The zero-order valence-electron chi connectivity index (χ0n) is 21.2. The van der Waals surface area contributed by atoms with Crippen LogP contribution in [-0.2, 0) is 11.5 Å². The Morgan fingerprint density at radius 3 is 2.86 bits per heavy atom. The minimum absolute atomic E-state index is 0.224. The second-order valence-corrected chi connectivity index (χ2v) is 12.9. The van der Waals surface area contributed by atoms with Crippen molar-refractivity contribution in [1.29, 1.82) is 5.26 Å². The summed E-state index contributed by atoms with van der Waals surface area (Å²) in [7, 11) is -0.278. The molecule has 2 aliphatic rings. The molecule has 3 atom stereocenters. The number of hydrogen-bond acceptors (Lipinski definition) is 7. The van der Waals surface area contributed by atoms with Crippen LogP contribution in [0.15, 0.2) is 43.1 Å². The van der Waals surface area contributed by atoms with Crippen molar-refractivity contribution in [3.8, 4) is 17.3 Å². The van der Waals surface area contributed by atoms with Crippen LogP contribution >= 0.6 is 0 Å². The van der Waals surface area contributed by atoms with Gasteiger partial charge in [-0.25, -0.2) is 9.97 Å². The lowest BCUT2D eigenvalue weighted by atomic mass is 9.97. The van der Waals surface area contributed by atoms with Gasteiger partial charge in [0, 0.05) is 74.2 Å². The van der Waals surface area contributed by atoms with Crippen LogP contribution in [-0.4, -0.2) is 76.8 Å². The molecule has 4 heterocycles. The third-order valence-electron chi connectivity index (χ3n) is 7.41. The van der Waals surface area contributed by atoms with Crippen LogP contribution in [0.5, 0.6) is 0 Å². The molecule has 3 aromatic rings. The fourth-order valence-electron chi connectivity index (χ4n) is 5.56. The van der Waals surface area contributed by atoms with E-state index in [0.29, 0.717) is 12.8 Å². The summed E-state index contributed by atoms with van der Waals surface area (Å²) in [6.07, 6.45) is 13.6. The minimum atomic E-state index is -0.278. The molecule has 1 N–H and O–H groups in total. The largest absolute Gasteiger partial charge is 0.364 e.